The summed E-state index contributed by atoms with van der Waals surface area (Å²) in [4.78, 5) is 3.92. The molecule has 0 aromatic heterocycles. The summed E-state index contributed by atoms with van der Waals surface area (Å²) in [5.41, 5.74) is 0. The molecule has 0 radical (unpaired) electrons. The van der Waals surface area contributed by atoms with Gasteiger partial charge < -0.3 is 10.2 Å². The summed E-state index contributed by atoms with van der Waals surface area (Å²) in [6.45, 7) is 4.66. The number of piperidine rings is 1. The molecule has 2 fully saturated rings. The number of nitrogens with zero attached hydrogens (tertiary/aromatic N) is 2. The Hall–Kier alpha value is -0.330. The third-order valence-electron chi connectivity index (χ3n) is 4.11. The quantitative estimate of drug-likeness (QED) is 0.848. The number of likely N-dealkylation sites (tertiary alicyclic amines) is 1. The normalized spacial score (nSPS) is 28.3. The van der Waals surface area contributed by atoms with Gasteiger partial charge in [0.25, 0.3) is 0 Å². The Bertz CT molecular complexity index is 264. The second-order valence-electron chi connectivity index (χ2n) is 5.55. The predicted molar refractivity (Wildman–Crippen MR) is 69.2 cm³/mol. The van der Waals surface area contributed by atoms with Crippen molar-refractivity contribution in [1.82, 2.24) is 15.1 Å². The van der Waals surface area contributed by atoms with Gasteiger partial charge >= 0.3 is 6.18 Å². The van der Waals surface area contributed by atoms with E-state index in [-0.39, 0.29) is 6.54 Å². The summed E-state index contributed by atoms with van der Waals surface area (Å²) in [6, 6.07) is -1.32. The van der Waals surface area contributed by atoms with Crippen LogP contribution in [0.5, 0.6) is 0 Å². The van der Waals surface area contributed by atoms with Gasteiger partial charge in [0.2, 0.25) is 0 Å². The van der Waals surface area contributed by atoms with Crippen molar-refractivity contribution in [2.24, 2.45) is 0 Å². The Kier molecular flexibility index (Phi) is 5.47. The molecule has 112 valence electrons. The van der Waals surface area contributed by atoms with Crippen LogP contribution in [0.1, 0.15) is 25.7 Å². The first-order valence-corrected chi connectivity index (χ1v) is 7.31. The highest BCUT2D eigenvalue weighted by Crippen LogP contribution is 2.25. The van der Waals surface area contributed by atoms with Gasteiger partial charge in [-0.05, 0) is 38.9 Å². The molecule has 1 atom stereocenters. The molecule has 2 saturated heterocycles. The van der Waals surface area contributed by atoms with Crippen molar-refractivity contribution >= 4 is 0 Å². The van der Waals surface area contributed by atoms with E-state index in [0.29, 0.717) is 19.6 Å². The Balaban J connectivity index is 1.86. The average Bonchev–Trinajstić information content (AvgIpc) is 2.62. The SMILES string of the molecule is FC(F)(F)C1CNCCCN1CCN1CCCCC1. The van der Waals surface area contributed by atoms with Gasteiger partial charge in [-0.3, -0.25) is 4.90 Å². The van der Waals surface area contributed by atoms with E-state index in [2.05, 4.69) is 10.2 Å². The summed E-state index contributed by atoms with van der Waals surface area (Å²) in [7, 11) is 0. The lowest BCUT2D eigenvalue weighted by atomic mass is 10.1. The van der Waals surface area contributed by atoms with E-state index in [4.69, 9.17) is 0 Å². The number of hydrogen-bond donors (Lipinski definition) is 1. The zero-order valence-electron chi connectivity index (χ0n) is 11.4. The zero-order chi connectivity index (χ0) is 13.7. The standard InChI is InChI=1S/C13H24F3N3/c14-13(15,16)12-11-17-5-4-8-19(12)10-9-18-6-2-1-3-7-18/h12,17H,1-11H2. The Morgan fingerprint density at radius 3 is 2.37 bits per heavy atom. The van der Waals surface area contributed by atoms with Crippen LogP contribution in [0, 0.1) is 0 Å². The molecule has 0 spiro atoms. The van der Waals surface area contributed by atoms with Crippen LogP contribution < -0.4 is 5.32 Å². The van der Waals surface area contributed by atoms with E-state index in [1.165, 1.54) is 19.3 Å². The first kappa shape index (κ1) is 15.1. The van der Waals surface area contributed by atoms with Crippen LogP contribution in [0.25, 0.3) is 0 Å². The summed E-state index contributed by atoms with van der Waals surface area (Å²) in [6.07, 6.45) is 0.301. The number of nitrogens with one attached hydrogen (secondary N) is 1. The van der Waals surface area contributed by atoms with E-state index in [1.807, 2.05) is 0 Å². The van der Waals surface area contributed by atoms with Gasteiger partial charge in [-0.2, -0.15) is 13.2 Å². The Morgan fingerprint density at radius 2 is 1.68 bits per heavy atom. The van der Waals surface area contributed by atoms with Crippen molar-refractivity contribution in [3.8, 4) is 0 Å². The minimum Gasteiger partial charge on any atom is -0.315 e. The van der Waals surface area contributed by atoms with Crippen molar-refractivity contribution in [2.75, 3.05) is 45.8 Å². The summed E-state index contributed by atoms with van der Waals surface area (Å²) < 4.78 is 39.1. The first-order valence-electron chi connectivity index (χ1n) is 7.31. The third-order valence-corrected chi connectivity index (χ3v) is 4.11. The van der Waals surface area contributed by atoms with Crippen molar-refractivity contribution in [3.05, 3.63) is 0 Å². The zero-order valence-corrected chi connectivity index (χ0v) is 11.4. The molecule has 0 aromatic carbocycles. The predicted octanol–water partition coefficient (Wildman–Crippen LogP) is 1.70. The van der Waals surface area contributed by atoms with E-state index < -0.39 is 12.2 Å². The number of hydrogen-bond acceptors (Lipinski definition) is 3. The molecule has 2 aliphatic heterocycles. The topological polar surface area (TPSA) is 18.5 Å². The lowest BCUT2D eigenvalue weighted by Crippen LogP contribution is -2.51. The van der Waals surface area contributed by atoms with Gasteiger partial charge in [-0.25, -0.2) is 0 Å². The van der Waals surface area contributed by atoms with E-state index in [0.717, 1.165) is 26.1 Å². The molecular formula is C13H24F3N3. The molecule has 1 N–H and O–H groups in total. The highest BCUT2D eigenvalue weighted by Gasteiger charge is 2.43. The molecule has 0 saturated carbocycles. The maximum atomic E-state index is 13.0. The van der Waals surface area contributed by atoms with E-state index in [1.54, 1.807) is 4.90 Å². The Labute approximate surface area is 113 Å². The molecule has 0 amide bonds. The molecular weight excluding hydrogens is 255 g/mol. The van der Waals surface area contributed by atoms with Crippen LogP contribution in [-0.2, 0) is 0 Å². The Morgan fingerprint density at radius 1 is 0.947 bits per heavy atom. The number of halogens is 3. The fourth-order valence-corrected chi connectivity index (χ4v) is 2.97. The van der Waals surface area contributed by atoms with Gasteiger partial charge in [-0.15, -0.1) is 0 Å². The number of rotatable bonds is 3. The molecule has 3 nitrogen and oxygen atoms in total. The van der Waals surface area contributed by atoms with Gasteiger partial charge in [-0.1, -0.05) is 6.42 Å². The minimum absolute atomic E-state index is 0.0312. The van der Waals surface area contributed by atoms with Crippen LogP contribution >= 0.6 is 0 Å². The van der Waals surface area contributed by atoms with Crippen molar-refractivity contribution in [2.45, 2.75) is 37.9 Å². The van der Waals surface area contributed by atoms with Gasteiger partial charge in [0.1, 0.15) is 6.04 Å². The molecule has 19 heavy (non-hydrogen) atoms. The van der Waals surface area contributed by atoms with Crippen molar-refractivity contribution in [3.63, 3.8) is 0 Å². The smallest absolute Gasteiger partial charge is 0.315 e. The molecule has 2 heterocycles. The second kappa shape index (κ2) is 6.90. The molecule has 1 unspecified atom stereocenters. The third kappa shape index (κ3) is 4.61. The largest absolute Gasteiger partial charge is 0.405 e. The fourth-order valence-electron chi connectivity index (χ4n) is 2.97. The van der Waals surface area contributed by atoms with Gasteiger partial charge in [0.05, 0.1) is 0 Å². The highest BCUT2D eigenvalue weighted by atomic mass is 19.4. The van der Waals surface area contributed by atoms with Crippen molar-refractivity contribution in [1.29, 1.82) is 0 Å². The average molecular weight is 279 g/mol. The van der Waals surface area contributed by atoms with Crippen molar-refractivity contribution < 1.29 is 13.2 Å². The monoisotopic (exact) mass is 279 g/mol. The lowest BCUT2D eigenvalue weighted by Gasteiger charge is -2.34. The summed E-state index contributed by atoms with van der Waals surface area (Å²) >= 11 is 0. The molecule has 0 bridgehead atoms. The van der Waals surface area contributed by atoms with Gasteiger partial charge in [0.15, 0.2) is 0 Å². The molecule has 0 aromatic rings. The lowest BCUT2D eigenvalue weighted by molar-refractivity contribution is -0.181. The summed E-state index contributed by atoms with van der Waals surface area (Å²) in [5, 5.41) is 2.90. The highest BCUT2D eigenvalue weighted by molar-refractivity contribution is 4.84. The maximum absolute atomic E-state index is 13.0. The van der Waals surface area contributed by atoms with E-state index >= 15 is 0 Å². The van der Waals surface area contributed by atoms with Crippen LogP contribution in [0.2, 0.25) is 0 Å². The molecule has 2 aliphatic rings. The van der Waals surface area contributed by atoms with E-state index in [9.17, 15) is 13.2 Å². The van der Waals surface area contributed by atoms with Gasteiger partial charge in [0, 0.05) is 26.2 Å². The molecule has 2 rings (SSSR count). The first-order chi connectivity index (χ1) is 9.07. The van der Waals surface area contributed by atoms with Crippen LogP contribution in [0.3, 0.4) is 0 Å². The second-order valence-corrected chi connectivity index (χ2v) is 5.55. The minimum atomic E-state index is -4.13. The van der Waals surface area contributed by atoms with Crippen LogP contribution in [0.4, 0.5) is 13.2 Å². The fraction of sp³-hybridized carbons (Fsp3) is 1.00. The summed E-state index contributed by atoms with van der Waals surface area (Å²) in [5.74, 6) is 0. The van der Waals surface area contributed by atoms with Crippen LogP contribution in [0.15, 0.2) is 0 Å². The van der Waals surface area contributed by atoms with Crippen LogP contribution in [-0.4, -0.2) is 67.8 Å². The molecule has 6 heteroatoms. The maximum Gasteiger partial charge on any atom is 0.405 e. The number of alkyl halides is 3. The molecule has 0 aliphatic carbocycles.